The fourth-order valence-corrected chi connectivity index (χ4v) is 5.73. The van der Waals surface area contributed by atoms with E-state index in [0.717, 1.165) is 35.5 Å². The largest absolute Gasteiger partial charge is 0.444 e. The first-order valence-electron chi connectivity index (χ1n) is 13.6. The van der Waals surface area contributed by atoms with Crippen LogP contribution in [0.15, 0.2) is 30.5 Å². The van der Waals surface area contributed by atoms with Crippen molar-refractivity contribution in [1.29, 1.82) is 0 Å². The van der Waals surface area contributed by atoms with E-state index in [1.165, 1.54) is 4.90 Å². The van der Waals surface area contributed by atoms with E-state index in [-0.39, 0.29) is 37.2 Å². The lowest BCUT2D eigenvalue weighted by Crippen LogP contribution is -2.53. The van der Waals surface area contributed by atoms with Crippen molar-refractivity contribution < 1.29 is 23.9 Å². The predicted molar refractivity (Wildman–Crippen MR) is 151 cm³/mol. The van der Waals surface area contributed by atoms with Gasteiger partial charge in [-0.15, -0.1) is 0 Å². The lowest BCUT2D eigenvalue weighted by molar-refractivity contribution is -0.133. The van der Waals surface area contributed by atoms with Crippen molar-refractivity contribution in [3.8, 4) is 0 Å². The van der Waals surface area contributed by atoms with E-state index in [9.17, 15) is 14.4 Å². The molecule has 0 aliphatic carbocycles. The molecule has 4 rings (SSSR count). The molecule has 2 aliphatic rings. The van der Waals surface area contributed by atoms with Gasteiger partial charge in [-0.25, -0.2) is 14.5 Å². The smallest absolute Gasteiger partial charge is 0.410 e. The quantitative estimate of drug-likeness (QED) is 0.332. The number of likely N-dealkylation sites (tertiary alicyclic amines) is 1. The summed E-state index contributed by atoms with van der Waals surface area (Å²) < 4.78 is 13.6. The summed E-state index contributed by atoms with van der Waals surface area (Å²) >= 11 is 0. The number of rotatable bonds is 7. The van der Waals surface area contributed by atoms with Crippen LogP contribution in [-0.4, -0.2) is 79.0 Å². The Morgan fingerprint density at radius 3 is 2.58 bits per heavy atom. The van der Waals surface area contributed by atoms with Gasteiger partial charge in [0, 0.05) is 52.3 Å². The lowest BCUT2D eigenvalue weighted by Gasteiger charge is -2.35. The van der Waals surface area contributed by atoms with E-state index in [1.54, 1.807) is 9.80 Å². The summed E-state index contributed by atoms with van der Waals surface area (Å²) in [6.45, 7) is 14.6. The predicted octanol–water partition coefficient (Wildman–Crippen LogP) is 5.68. The molecule has 2 fully saturated rings. The second-order valence-electron chi connectivity index (χ2n) is 12.5. The van der Waals surface area contributed by atoms with E-state index in [4.69, 9.17) is 9.47 Å². The molecule has 1 aromatic heterocycles. The van der Waals surface area contributed by atoms with Crippen LogP contribution in [0.2, 0.25) is 25.7 Å². The van der Waals surface area contributed by atoms with Gasteiger partial charge in [-0.3, -0.25) is 9.69 Å². The van der Waals surface area contributed by atoms with Crippen LogP contribution in [-0.2, 0) is 14.3 Å². The van der Waals surface area contributed by atoms with Crippen LogP contribution >= 0.6 is 0 Å². The highest BCUT2D eigenvalue weighted by Crippen LogP contribution is 2.34. The molecule has 2 aliphatic heterocycles. The molecule has 38 heavy (non-hydrogen) atoms. The van der Waals surface area contributed by atoms with Crippen molar-refractivity contribution in [2.45, 2.75) is 77.4 Å². The Balaban J connectivity index is 1.51. The summed E-state index contributed by atoms with van der Waals surface area (Å²) in [6.07, 6.45) is 3.85. The lowest BCUT2D eigenvalue weighted by atomic mass is 10.1. The average molecular weight is 543 g/mol. The highest BCUT2D eigenvalue weighted by Gasteiger charge is 2.34. The highest BCUT2D eigenvalue weighted by atomic mass is 28.3. The van der Waals surface area contributed by atoms with Gasteiger partial charge < -0.3 is 18.9 Å². The van der Waals surface area contributed by atoms with E-state index in [0.29, 0.717) is 26.2 Å². The van der Waals surface area contributed by atoms with Crippen LogP contribution in [0.3, 0.4) is 0 Å². The maximum atomic E-state index is 13.4. The number of amides is 4. The van der Waals surface area contributed by atoms with Crippen LogP contribution < -0.4 is 4.90 Å². The van der Waals surface area contributed by atoms with E-state index < -0.39 is 13.7 Å². The number of benzene rings is 1. The van der Waals surface area contributed by atoms with Crippen LogP contribution in [0, 0.1) is 0 Å². The molecule has 2 saturated heterocycles. The second kappa shape index (κ2) is 11.1. The summed E-state index contributed by atoms with van der Waals surface area (Å²) in [5.74, 6) is -0.201. The van der Waals surface area contributed by atoms with Crippen molar-refractivity contribution >= 4 is 42.7 Å². The van der Waals surface area contributed by atoms with Gasteiger partial charge in [0.2, 0.25) is 5.91 Å². The Hall–Kier alpha value is -2.85. The van der Waals surface area contributed by atoms with Gasteiger partial charge in [-0.05, 0) is 57.9 Å². The third-order valence-corrected chi connectivity index (χ3v) is 8.71. The summed E-state index contributed by atoms with van der Waals surface area (Å²) in [6, 6.07) is 8.69. The van der Waals surface area contributed by atoms with Crippen LogP contribution in [0.5, 0.6) is 0 Å². The molecule has 10 heteroatoms. The standard InChI is InChI=1S/C28H42N4O5Si/c1-28(2,3)37-27(35)29-14-8-9-21(19-29)30-15-12-22-23(30)10-7-11-24(22)31-16-13-25(33)32(26(31)34)20-36-17-18-38(4,5)6/h7,10-12,15,21H,8-9,13-14,16-20H2,1-6H3/t21-/m1/s1. The Labute approximate surface area is 226 Å². The molecule has 208 valence electrons. The maximum Gasteiger partial charge on any atom is 0.410 e. The number of ether oxygens (including phenoxy) is 2. The minimum absolute atomic E-state index is 0.0157. The number of piperidine rings is 1. The summed E-state index contributed by atoms with van der Waals surface area (Å²) in [4.78, 5) is 43.4. The third kappa shape index (κ3) is 6.58. The first-order chi connectivity index (χ1) is 17.8. The van der Waals surface area contributed by atoms with Gasteiger partial charge in [0.25, 0.3) is 0 Å². The zero-order valence-electron chi connectivity index (χ0n) is 23.7. The molecule has 0 saturated carbocycles. The van der Waals surface area contributed by atoms with Gasteiger partial charge in [0.05, 0.1) is 17.2 Å². The number of nitrogens with zero attached hydrogens (tertiary/aromatic N) is 4. The number of carbonyl (C=O) groups is 3. The summed E-state index contributed by atoms with van der Waals surface area (Å²) in [7, 11) is -1.26. The van der Waals surface area contributed by atoms with E-state index in [1.807, 2.05) is 51.2 Å². The number of imide groups is 1. The van der Waals surface area contributed by atoms with E-state index >= 15 is 0 Å². The van der Waals surface area contributed by atoms with Gasteiger partial charge >= 0.3 is 12.1 Å². The zero-order valence-corrected chi connectivity index (χ0v) is 24.7. The molecular formula is C28H42N4O5Si. The number of anilines is 1. The van der Waals surface area contributed by atoms with Gasteiger partial charge in [-0.2, -0.15) is 0 Å². The number of hydrogen-bond donors (Lipinski definition) is 0. The fourth-order valence-electron chi connectivity index (χ4n) is 4.98. The van der Waals surface area contributed by atoms with Crippen molar-refractivity contribution in [2.24, 2.45) is 0 Å². The number of hydrogen-bond acceptors (Lipinski definition) is 5. The van der Waals surface area contributed by atoms with Crippen LogP contribution in [0.4, 0.5) is 15.3 Å². The topological polar surface area (TPSA) is 84.3 Å². The molecule has 2 aromatic rings. The van der Waals surface area contributed by atoms with E-state index in [2.05, 4.69) is 24.2 Å². The van der Waals surface area contributed by atoms with Gasteiger partial charge in [0.1, 0.15) is 12.3 Å². The number of urea groups is 1. The fraction of sp³-hybridized carbons (Fsp3) is 0.607. The molecule has 1 atom stereocenters. The molecule has 0 radical (unpaired) electrons. The Bertz CT molecular complexity index is 1180. The highest BCUT2D eigenvalue weighted by molar-refractivity contribution is 6.76. The molecule has 0 bridgehead atoms. The number of fused-ring (bicyclic) bond motifs is 1. The molecule has 0 spiro atoms. The van der Waals surface area contributed by atoms with Crippen LogP contribution in [0.1, 0.15) is 46.1 Å². The first-order valence-corrected chi connectivity index (χ1v) is 17.3. The minimum atomic E-state index is -1.26. The van der Waals surface area contributed by atoms with Crippen molar-refractivity contribution in [3.05, 3.63) is 30.5 Å². The summed E-state index contributed by atoms with van der Waals surface area (Å²) in [5, 5.41) is 0.948. The molecule has 0 N–H and O–H groups in total. The Morgan fingerprint density at radius 1 is 1.11 bits per heavy atom. The molecule has 0 unspecified atom stereocenters. The normalized spacial score (nSPS) is 19.4. The first kappa shape index (κ1) is 28.2. The van der Waals surface area contributed by atoms with Gasteiger partial charge in [-0.1, -0.05) is 25.7 Å². The SMILES string of the molecule is CC(C)(C)OC(=O)N1CCC[C@@H](n2ccc3c(N4CCC(=O)N(COCC[Si](C)(C)C)C4=O)cccc32)C1. The molecule has 9 nitrogen and oxygen atoms in total. The summed E-state index contributed by atoms with van der Waals surface area (Å²) in [5.41, 5.74) is 1.25. The second-order valence-corrected chi connectivity index (χ2v) is 18.1. The minimum Gasteiger partial charge on any atom is -0.444 e. The van der Waals surface area contributed by atoms with Gasteiger partial charge in [0.15, 0.2) is 0 Å². The Morgan fingerprint density at radius 2 is 1.87 bits per heavy atom. The maximum absolute atomic E-state index is 13.4. The Kier molecular flexibility index (Phi) is 8.22. The van der Waals surface area contributed by atoms with Crippen molar-refractivity contribution in [2.75, 3.05) is 37.9 Å². The molecular weight excluding hydrogens is 500 g/mol. The van der Waals surface area contributed by atoms with Crippen LogP contribution in [0.25, 0.3) is 10.9 Å². The third-order valence-electron chi connectivity index (χ3n) is 7.00. The molecule has 4 amide bonds. The molecule has 1 aromatic carbocycles. The van der Waals surface area contributed by atoms with Crippen molar-refractivity contribution in [1.82, 2.24) is 14.4 Å². The average Bonchev–Trinajstić information content (AvgIpc) is 3.26. The number of aromatic nitrogens is 1. The zero-order chi connectivity index (χ0) is 27.7. The van der Waals surface area contributed by atoms with Crippen molar-refractivity contribution in [3.63, 3.8) is 0 Å². The monoisotopic (exact) mass is 542 g/mol. The molecule has 3 heterocycles. The number of carbonyl (C=O) groups excluding carboxylic acids is 3.